The van der Waals surface area contributed by atoms with Gasteiger partial charge >= 0.3 is 0 Å². The molecule has 1 aliphatic rings. The third-order valence-corrected chi connectivity index (χ3v) is 9.00. The predicted molar refractivity (Wildman–Crippen MR) is 125 cm³/mol. The lowest BCUT2D eigenvalue weighted by Crippen LogP contribution is -2.43. The molecule has 2 heterocycles. The van der Waals surface area contributed by atoms with Gasteiger partial charge in [0.05, 0.1) is 15.1 Å². The van der Waals surface area contributed by atoms with E-state index in [-0.39, 0.29) is 16.8 Å². The molecule has 1 atom stereocenters. The summed E-state index contributed by atoms with van der Waals surface area (Å²) in [7, 11) is -3.56. The molecule has 1 aliphatic heterocycles. The molecule has 0 radical (unpaired) electrons. The average molecular weight is 458 g/mol. The van der Waals surface area contributed by atoms with Crippen LogP contribution in [-0.4, -0.2) is 36.2 Å². The number of nitrogens with zero attached hydrogens (tertiary/aromatic N) is 2. The Morgan fingerprint density at radius 1 is 1.13 bits per heavy atom. The normalized spacial score (nSPS) is 17.7. The number of amides is 1. The third kappa shape index (κ3) is 4.24. The fourth-order valence-electron chi connectivity index (χ4n) is 4.09. The van der Waals surface area contributed by atoms with E-state index in [4.69, 9.17) is 0 Å². The Morgan fingerprint density at radius 2 is 1.84 bits per heavy atom. The third-order valence-electron chi connectivity index (χ3n) is 5.93. The summed E-state index contributed by atoms with van der Waals surface area (Å²) in [6.07, 6.45) is 3.66. The number of fused-ring (bicyclic) bond motifs is 1. The molecule has 0 bridgehead atoms. The molecule has 4 rings (SSSR count). The largest absolute Gasteiger partial charge is 0.298 e. The van der Waals surface area contributed by atoms with Gasteiger partial charge in [-0.15, -0.1) is 0 Å². The average Bonchev–Trinajstić information content (AvgIpc) is 3.21. The van der Waals surface area contributed by atoms with Gasteiger partial charge in [0.15, 0.2) is 5.13 Å². The van der Waals surface area contributed by atoms with Crippen LogP contribution in [0, 0.1) is 13.8 Å². The molecule has 164 valence electrons. The molecule has 1 aromatic heterocycles. The molecule has 1 N–H and O–H groups in total. The Morgan fingerprint density at radius 3 is 2.52 bits per heavy atom. The van der Waals surface area contributed by atoms with Crippen LogP contribution in [-0.2, 0) is 10.0 Å². The number of sulfonamides is 1. The first-order valence-electron chi connectivity index (χ1n) is 10.6. The second kappa shape index (κ2) is 8.68. The number of nitrogens with one attached hydrogen (secondary N) is 1. The summed E-state index contributed by atoms with van der Waals surface area (Å²) in [6, 6.07) is 10.3. The fraction of sp³-hybridized carbons (Fsp3) is 0.391. The molecule has 1 saturated heterocycles. The highest BCUT2D eigenvalue weighted by Crippen LogP contribution is 2.31. The second-order valence-electron chi connectivity index (χ2n) is 8.05. The molecule has 6 nitrogen and oxygen atoms in total. The summed E-state index contributed by atoms with van der Waals surface area (Å²) in [5.74, 6) is -0.303. The number of carbonyl (C=O) groups excluding carboxylic acids is 1. The van der Waals surface area contributed by atoms with Crippen molar-refractivity contribution < 1.29 is 13.2 Å². The number of aryl methyl sites for hydroxylation is 2. The van der Waals surface area contributed by atoms with E-state index in [0.29, 0.717) is 17.2 Å². The zero-order valence-electron chi connectivity index (χ0n) is 18.0. The number of anilines is 1. The highest BCUT2D eigenvalue weighted by atomic mass is 32.2. The maximum Gasteiger partial charge on any atom is 0.257 e. The first-order valence-corrected chi connectivity index (χ1v) is 12.9. The van der Waals surface area contributed by atoms with E-state index < -0.39 is 10.0 Å². The smallest absolute Gasteiger partial charge is 0.257 e. The van der Waals surface area contributed by atoms with Gasteiger partial charge in [-0.25, -0.2) is 13.4 Å². The number of thiazole rings is 1. The highest BCUT2D eigenvalue weighted by Gasteiger charge is 2.32. The number of rotatable bonds is 5. The predicted octanol–water partition coefficient (Wildman–Crippen LogP) is 5.12. The Kier molecular flexibility index (Phi) is 6.14. The fourth-order valence-corrected chi connectivity index (χ4v) is 6.87. The van der Waals surface area contributed by atoms with Crippen molar-refractivity contribution in [2.24, 2.45) is 0 Å². The summed E-state index contributed by atoms with van der Waals surface area (Å²) < 4.78 is 28.9. The summed E-state index contributed by atoms with van der Waals surface area (Å²) >= 11 is 1.44. The number of piperidine rings is 1. The van der Waals surface area contributed by atoms with Crippen LogP contribution in [0.4, 0.5) is 5.13 Å². The quantitative estimate of drug-likeness (QED) is 0.577. The zero-order chi connectivity index (χ0) is 22.2. The maximum absolute atomic E-state index is 13.1. The standard InChI is InChI=1S/C23H27N3O3S2/c1-4-18-7-5-6-14-26(18)31(28,29)19-12-10-17(11-13-19)22(27)25-23-24-20-15(2)8-9-16(3)21(20)30-23/h8-13,18H,4-7,14H2,1-3H3,(H,24,25,27). The van der Waals surface area contributed by atoms with Crippen LogP contribution < -0.4 is 5.32 Å². The van der Waals surface area contributed by atoms with Crippen LogP contribution in [0.1, 0.15) is 54.1 Å². The molecule has 1 fully saturated rings. The summed E-state index contributed by atoms with van der Waals surface area (Å²) in [5, 5.41) is 3.38. The van der Waals surface area contributed by atoms with Gasteiger partial charge in [-0.1, -0.05) is 36.8 Å². The molecule has 2 aromatic carbocycles. The van der Waals surface area contributed by atoms with E-state index in [9.17, 15) is 13.2 Å². The molecule has 0 saturated carbocycles. The van der Waals surface area contributed by atoms with Crippen molar-refractivity contribution in [1.82, 2.24) is 9.29 Å². The van der Waals surface area contributed by atoms with Gasteiger partial charge in [0.2, 0.25) is 10.0 Å². The van der Waals surface area contributed by atoms with E-state index in [1.54, 1.807) is 16.4 Å². The van der Waals surface area contributed by atoms with Crippen molar-refractivity contribution in [3.8, 4) is 0 Å². The molecule has 0 spiro atoms. The highest BCUT2D eigenvalue weighted by molar-refractivity contribution is 7.89. The molecule has 1 amide bonds. The van der Waals surface area contributed by atoms with Gasteiger partial charge in [0.1, 0.15) is 0 Å². The molecule has 0 aliphatic carbocycles. The molecule has 1 unspecified atom stereocenters. The van der Waals surface area contributed by atoms with Gasteiger partial charge in [-0.3, -0.25) is 10.1 Å². The minimum absolute atomic E-state index is 0.0488. The lowest BCUT2D eigenvalue weighted by atomic mass is 10.0. The second-order valence-corrected chi connectivity index (χ2v) is 10.9. The minimum Gasteiger partial charge on any atom is -0.298 e. The monoisotopic (exact) mass is 457 g/mol. The van der Waals surface area contributed by atoms with Crippen molar-refractivity contribution in [2.75, 3.05) is 11.9 Å². The minimum atomic E-state index is -3.56. The van der Waals surface area contributed by atoms with Crippen molar-refractivity contribution in [2.45, 2.75) is 57.4 Å². The van der Waals surface area contributed by atoms with Crippen LogP contribution in [0.3, 0.4) is 0 Å². The van der Waals surface area contributed by atoms with Gasteiger partial charge in [0, 0.05) is 18.2 Å². The van der Waals surface area contributed by atoms with E-state index in [1.807, 2.05) is 32.9 Å². The van der Waals surface area contributed by atoms with Crippen LogP contribution in [0.15, 0.2) is 41.3 Å². The number of carbonyl (C=O) groups is 1. The number of benzene rings is 2. The molecule has 31 heavy (non-hydrogen) atoms. The van der Waals surface area contributed by atoms with Crippen LogP contribution >= 0.6 is 11.3 Å². The summed E-state index contributed by atoms with van der Waals surface area (Å²) in [4.78, 5) is 17.5. The SMILES string of the molecule is CCC1CCCCN1S(=O)(=O)c1ccc(C(=O)Nc2nc3c(C)ccc(C)c3s2)cc1. The first kappa shape index (κ1) is 21.9. The Labute approximate surface area is 187 Å². The Balaban J connectivity index is 1.53. The van der Waals surface area contributed by atoms with Crippen molar-refractivity contribution in [3.05, 3.63) is 53.1 Å². The topological polar surface area (TPSA) is 79.4 Å². The van der Waals surface area contributed by atoms with Gasteiger partial charge in [0.25, 0.3) is 5.91 Å². The number of aromatic nitrogens is 1. The van der Waals surface area contributed by atoms with Gasteiger partial charge in [-0.05, 0) is 68.5 Å². The number of hydrogen-bond donors (Lipinski definition) is 1. The van der Waals surface area contributed by atoms with E-state index in [1.165, 1.54) is 23.5 Å². The summed E-state index contributed by atoms with van der Waals surface area (Å²) in [6.45, 7) is 6.60. The van der Waals surface area contributed by atoms with Crippen molar-refractivity contribution in [1.29, 1.82) is 0 Å². The zero-order valence-corrected chi connectivity index (χ0v) is 19.6. The summed E-state index contributed by atoms with van der Waals surface area (Å²) in [5.41, 5.74) is 3.48. The molecule has 8 heteroatoms. The van der Waals surface area contributed by atoms with Crippen molar-refractivity contribution in [3.63, 3.8) is 0 Å². The lowest BCUT2D eigenvalue weighted by molar-refractivity contribution is 0.102. The number of hydrogen-bond acceptors (Lipinski definition) is 5. The molecular weight excluding hydrogens is 430 g/mol. The Bertz CT molecular complexity index is 1180. The van der Waals surface area contributed by atoms with Crippen LogP contribution in [0.5, 0.6) is 0 Å². The van der Waals surface area contributed by atoms with Crippen LogP contribution in [0.25, 0.3) is 10.2 Å². The van der Waals surface area contributed by atoms with Gasteiger partial charge < -0.3 is 0 Å². The maximum atomic E-state index is 13.1. The molecular formula is C23H27N3O3S2. The van der Waals surface area contributed by atoms with Crippen molar-refractivity contribution >= 4 is 42.6 Å². The van der Waals surface area contributed by atoms with E-state index in [0.717, 1.165) is 47.0 Å². The Hall–Kier alpha value is -2.29. The lowest BCUT2D eigenvalue weighted by Gasteiger charge is -2.34. The van der Waals surface area contributed by atoms with Crippen LogP contribution in [0.2, 0.25) is 0 Å². The van der Waals surface area contributed by atoms with E-state index >= 15 is 0 Å². The van der Waals surface area contributed by atoms with Gasteiger partial charge in [-0.2, -0.15) is 4.31 Å². The first-order chi connectivity index (χ1) is 14.8. The molecule has 3 aromatic rings. The van der Waals surface area contributed by atoms with E-state index in [2.05, 4.69) is 10.3 Å².